The van der Waals surface area contributed by atoms with Gasteiger partial charge in [-0.2, -0.15) is 0 Å². The standard InChI is InChI=1S/C32H38F2N6O6/c1-3-37(28-9-7-22(13-26(28)34)38-17-24(46-31(38)45)15-36-19(2)41)16-23-14-35-10-11-40(23)32(30(43)44)18-39(21-5-6-21)27-8-4-20(33)12-25(27)29(32)42/h4,7-9,12-13,21,23-24,35H,3,5-6,10-11,14-18H2,1-2H3,(H,36,41)(H,43,44)/t23-,24-,32+/m0/s1. The number of cyclic esters (lactones) is 1. The number of ketones is 1. The summed E-state index contributed by atoms with van der Waals surface area (Å²) in [6.07, 6.45) is 0.502. The zero-order chi connectivity index (χ0) is 32.7. The first kappa shape index (κ1) is 31.7. The van der Waals surface area contributed by atoms with Crippen molar-refractivity contribution in [2.24, 2.45) is 0 Å². The number of nitrogens with one attached hydrogen (secondary N) is 2. The second kappa shape index (κ2) is 12.5. The Morgan fingerprint density at radius 2 is 1.96 bits per heavy atom. The van der Waals surface area contributed by atoms with Crippen LogP contribution in [0.3, 0.4) is 0 Å². The van der Waals surface area contributed by atoms with E-state index in [0.717, 1.165) is 18.9 Å². The number of carbonyl (C=O) groups is 4. The SMILES string of the molecule is CCN(C[C@@H]1CNCCN1[C@]1(C(=O)O)CN(C2CC2)c2ccc(F)cc2C1=O)c1ccc(N2C[C@H](CNC(C)=O)OC2=O)cc1F. The van der Waals surface area contributed by atoms with Crippen molar-refractivity contribution in [1.82, 2.24) is 15.5 Å². The molecule has 0 bridgehead atoms. The fourth-order valence-electron chi connectivity index (χ4n) is 6.88. The molecular formula is C32H38F2N6O6. The van der Waals surface area contributed by atoms with Gasteiger partial charge in [-0.05, 0) is 56.2 Å². The number of benzene rings is 2. The molecule has 2 aromatic carbocycles. The number of nitrogens with zero attached hydrogens (tertiary/aromatic N) is 4. The van der Waals surface area contributed by atoms with Gasteiger partial charge in [-0.3, -0.25) is 19.4 Å². The predicted octanol–water partition coefficient (Wildman–Crippen LogP) is 2.21. The molecule has 4 aliphatic rings. The van der Waals surface area contributed by atoms with Crippen molar-refractivity contribution in [2.75, 3.05) is 67.1 Å². The molecule has 3 N–H and O–H groups in total. The number of ether oxygens (including phenoxy) is 1. The van der Waals surface area contributed by atoms with Gasteiger partial charge in [-0.25, -0.2) is 18.4 Å². The summed E-state index contributed by atoms with van der Waals surface area (Å²) in [5.41, 5.74) is -0.783. The molecule has 2 amide bonds. The van der Waals surface area contributed by atoms with Gasteiger partial charge in [0.1, 0.15) is 17.7 Å². The number of carboxylic acids is 1. The van der Waals surface area contributed by atoms with Crippen molar-refractivity contribution in [3.63, 3.8) is 0 Å². The highest BCUT2D eigenvalue weighted by Crippen LogP contribution is 2.43. The van der Waals surface area contributed by atoms with Crippen LogP contribution < -0.4 is 25.3 Å². The Hall–Kier alpha value is -4.30. The first-order valence-electron chi connectivity index (χ1n) is 15.6. The number of halogens is 2. The first-order chi connectivity index (χ1) is 22.0. The number of aliphatic carboxylic acids is 1. The van der Waals surface area contributed by atoms with Gasteiger partial charge in [0.2, 0.25) is 11.4 Å². The van der Waals surface area contributed by atoms with Crippen LogP contribution in [-0.2, 0) is 14.3 Å². The van der Waals surface area contributed by atoms with Gasteiger partial charge >= 0.3 is 12.1 Å². The molecule has 0 aromatic heterocycles. The highest BCUT2D eigenvalue weighted by atomic mass is 19.1. The lowest BCUT2D eigenvalue weighted by Crippen LogP contribution is -2.74. The third kappa shape index (κ3) is 5.75. The fourth-order valence-corrected chi connectivity index (χ4v) is 6.88. The zero-order valence-electron chi connectivity index (χ0n) is 25.8. The molecule has 3 fully saturated rings. The van der Waals surface area contributed by atoms with Crippen molar-refractivity contribution in [3.05, 3.63) is 53.6 Å². The minimum absolute atomic E-state index is 0.0616. The maximum Gasteiger partial charge on any atom is 0.414 e. The van der Waals surface area contributed by atoms with E-state index < -0.39 is 47.2 Å². The number of anilines is 3. The number of Topliss-reactive ketones (excluding diaryl/α,β-unsaturated/α-hetero) is 1. The average molecular weight is 641 g/mol. The van der Waals surface area contributed by atoms with Crippen molar-refractivity contribution >= 4 is 40.8 Å². The normalized spacial score (nSPS) is 24.9. The number of piperazine rings is 1. The molecule has 6 rings (SSSR count). The maximum absolute atomic E-state index is 15.7. The summed E-state index contributed by atoms with van der Waals surface area (Å²) in [6, 6.07) is 7.97. The predicted molar refractivity (Wildman–Crippen MR) is 165 cm³/mol. The van der Waals surface area contributed by atoms with Gasteiger partial charge in [0.05, 0.1) is 31.0 Å². The highest BCUT2D eigenvalue weighted by Gasteiger charge is 2.59. The van der Waals surface area contributed by atoms with E-state index in [1.165, 1.54) is 24.0 Å². The minimum atomic E-state index is -1.96. The van der Waals surface area contributed by atoms with Crippen LogP contribution in [0, 0.1) is 11.6 Å². The summed E-state index contributed by atoms with van der Waals surface area (Å²) >= 11 is 0. The van der Waals surface area contributed by atoms with Crippen LogP contribution in [0.2, 0.25) is 0 Å². The van der Waals surface area contributed by atoms with E-state index in [2.05, 4.69) is 10.6 Å². The van der Waals surface area contributed by atoms with Gasteiger partial charge in [-0.15, -0.1) is 0 Å². The molecule has 246 valence electrons. The first-order valence-corrected chi connectivity index (χ1v) is 15.6. The number of rotatable bonds is 10. The molecule has 46 heavy (non-hydrogen) atoms. The number of carbonyl (C=O) groups excluding carboxylic acids is 3. The number of amides is 2. The molecule has 3 heterocycles. The number of carboxylic acid groups (broad SMARTS) is 1. The van der Waals surface area contributed by atoms with E-state index in [0.29, 0.717) is 31.0 Å². The summed E-state index contributed by atoms with van der Waals surface area (Å²) in [4.78, 5) is 57.9. The Bertz CT molecular complexity index is 1550. The van der Waals surface area contributed by atoms with Crippen LogP contribution >= 0.6 is 0 Å². The van der Waals surface area contributed by atoms with Gasteiger partial charge in [-0.1, -0.05) is 0 Å². The molecular weight excluding hydrogens is 602 g/mol. The molecule has 2 saturated heterocycles. The average Bonchev–Trinajstić information content (AvgIpc) is 3.81. The summed E-state index contributed by atoms with van der Waals surface area (Å²) in [7, 11) is 0. The van der Waals surface area contributed by atoms with Crippen molar-refractivity contribution in [1.29, 1.82) is 0 Å². The zero-order valence-corrected chi connectivity index (χ0v) is 25.8. The fraction of sp³-hybridized carbons (Fsp3) is 0.500. The topological polar surface area (TPSA) is 135 Å². The van der Waals surface area contributed by atoms with E-state index in [1.807, 2.05) is 11.8 Å². The largest absolute Gasteiger partial charge is 0.479 e. The number of likely N-dealkylation sites (N-methyl/N-ethyl adjacent to an activating group) is 1. The van der Waals surface area contributed by atoms with Crippen LogP contribution in [0.15, 0.2) is 36.4 Å². The lowest BCUT2D eigenvalue weighted by atomic mass is 9.80. The third-order valence-corrected chi connectivity index (χ3v) is 9.32. The van der Waals surface area contributed by atoms with Crippen LogP contribution in [-0.4, -0.2) is 110 Å². The Morgan fingerprint density at radius 1 is 1.17 bits per heavy atom. The Kier molecular flexibility index (Phi) is 8.59. The number of hydrogen-bond donors (Lipinski definition) is 3. The van der Waals surface area contributed by atoms with E-state index in [4.69, 9.17) is 4.74 Å². The summed E-state index contributed by atoms with van der Waals surface area (Å²) in [5.74, 6) is -3.39. The van der Waals surface area contributed by atoms with Crippen LogP contribution in [0.1, 0.15) is 37.0 Å². The summed E-state index contributed by atoms with van der Waals surface area (Å²) < 4.78 is 35.5. The summed E-state index contributed by atoms with van der Waals surface area (Å²) in [5, 5.41) is 16.7. The quantitative estimate of drug-likeness (QED) is 0.332. The molecule has 1 aliphatic carbocycles. The van der Waals surface area contributed by atoms with E-state index >= 15 is 4.39 Å². The smallest absolute Gasteiger partial charge is 0.414 e. The highest BCUT2D eigenvalue weighted by molar-refractivity contribution is 6.20. The molecule has 0 unspecified atom stereocenters. The number of hydrogen-bond acceptors (Lipinski definition) is 9. The second-order valence-electron chi connectivity index (χ2n) is 12.3. The monoisotopic (exact) mass is 640 g/mol. The van der Waals surface area contributed by atoms with Crippen molar-refractivity contribution in [2.45, 2.75) is 50.4 Å². The lowest BCUT2D eigenvalue weighted by Gasteiger charge is -2.51. The second-order valence-corrected chi connectivity index (χ2v) is 12.3. The Morgan fingerprint density at radius 3 is 2.63 bits per heavy atom. The molecule has 2 aromatic rings. The van der Waals surface area contributed by atoms with Crippen LogP contribution in [0.5, 0.6) is 0 Å². The minimum Gasteiger partial charge on any atom is -0.479 e. The molecule has 1 saturated carbocycles. The Labute approximate surface area is 265 Å². The molecule has 0 radical (unpaired) electrons. The van der Waals surface area contributed by atoms with Gasteiger partial charge < -0.3 is 30.3 Å². The molecule has 0 spiro atoms. The molecule has 12 nitrogen and oxygen atoms in total. The molecule has 3 atom stereocenters. The molecule has 3 aliphatic heterocycles. The van der Waals surface area contributed by atoms with Crippen LogP contribution in [0.25, 0.3) is 0 Å². The Balaban J connectivity index is 1.26. The van der Waals surface area contributed by atoms with E-state index in [-0.39, 0.29) is 55.9 Å². The van der Waals surface area contributed by atoms with Crippen LogP contribution in [0.4, 0.5) is 30.6 Å². The van der Waals surface area contributed by atoms with Gasteiger partial charge in [0.25, 0.3) is 0 Å². The van der Waals surface area contributed by atoms with Gasteiger partial charge in [0.15, 0.2) is 5.78 Å². The van der Waals surface area contributed by atoms with Gasteiger partial charge in [0, 0.05) is 63.0 Å². The van der Waals surface area contributed by atoms with E-state index in [1.54, 1.807) is 28.0 Å². The lowest BCUT2D eigenvalue weighted by molar-refractivity contribution is -0.149. The third-order valence-electron chi connectivity index (χ3n) is 9.32. The van der Waals surface area contributed by atoms with Crippen molar-refractivity contribution < 1.29 is 37.8 Å². The number of fused-ring (bicyclic) bond motifs is 1. The summed E-state index contributed by atoms with van der Waals surface area (Å²) in [6.45, 7) is 5.07. The maximum atomic E-state index is 15.7. The van der Waals surface area contributed by atoms with Crippen molar-refractivity contribution in [3.8, 4) is 0 Å². The van der Waals surface area contributed by atoms with E-state index in [9.17, 15) is 28.7 Å². The molecule has 14 heteroatoms.